The second-order valence-electron chi connectivity index (χ2n) is 4.99. The molecule has 2 aromatic rings. The maximum Gasteiger partial charge on any atom is 0.269 e. The van der Waals surface area contributed by atoms with Crippen LogP contribution < -0.4 is 10.9 Å². The highest BCUT2D eigenvalue weighted by Gasteiger charge is 2.13. The van der Waals surface area contributed by atoms with Crippen molar-refractivity contribution < 1.29 is 4.39 Å². The molecule has 0 radical (unpaired) electrons. The number of nitrogens with one attached hydrogen (secondary N) is 1. The number of aromatic nitrogens is 2. The number of nitriles is 1. The maximum absolute atomic E-state index is 13.4. The molecule has 1 aliphatic heterocycles. The number of fused-ring (bicyclic) bond motifs is 1. The molecule has 5 nitrogen and oxygen atoms in total. The lowest BCUT2D eigenvalue weighted by molar-refractivity contribution is 0.596. The fourth-order valence-corrected chi connectivity index (χ4v) is 2.44. The fraction of sp³-hybridized carbons (Fsp3) is 0.267. The van der Waals surface area contributed by atoms with Crippen molar-refractivity contribution in [3.8, 4) is 6.07 Å². The van der Waals surface area contributed by atoms with E-state index < -0.39 is 5.82 Å². The lowest BCUT2D eigenvalue weighted by Gasteiger charge is -2.17. The van der Waals surface area contributed by atoms with Crippen molar-refractivity contribution in [3.63, 3.8) is 0 Å². The molecule has 0 unspecified atom stereocenters. The molecule has 1 aromatic carbocycles. The molecular formula is C15H13FN4O. The van der Waals surface area contributed by atoms with Crippen LogP contribution in [0.1, 0.15) is 23.2 Å². The Hall–Kier alpha value is -2.68. The van der Waals surface area contributed by atoms with Crippen LogP contribution in [-0.2, 0) is 13.0 Å². The summed E-state index contributed by atoms with van der Waals surface area (Å²) < 4.78 is 14.7. The summed E-state index contributed by atoms with van der Waals surface area (Å²) in [6, 6.07) is 7.46. The molecular weight excluding hydrogens is 271 g/mol. The highest BCUT2D eigenvalue weighted by molar-refractivity contribution is 5.48. The van der Waals surface area contributed by atoms with Crippen molar-refractivity contribution in [1.82, 2.24) is 9.78 Å². The van der Waals surface area contributed by atoms with E-state index in [2.05, 4.69) is 10.4 Å². The third kappa shape index (κ3) is 2.77. The summed E-state index contributed by atoms with van der Waals surface area (Å²) in [5, 5.41) is 16.3. The van der Waals surface area contributed by atoms with E-state index in [0.29, 0.717) is 5.56 Å². The first kappa shape index (κ1) is 13.3. The summed E-state index contributed by atoms with van der Waals surface area (Å²) in [6.45, 7) is 0.992. The van der Waals surface area contributed by atoms with Gasteiger partial charge in [0, 0.05) is 12.6 Å². The van der Waals surface area contributed by atoms with Gasteiger partial charge in [0.05, 0.1) is 29.6 Å². The Morgan fingerprint density at radius 2 is 2.24 bits per heavy atom. The van der Waals surface area contributed by atoms with E-state index in [9.17, 15) is 9.18 Å². The lowest BCUT2D eigenvalue weighted by Crippen LogP contribution is -2.27. The minimum absolute atomic E-state index is 0.151. The number of benzene rings is 1. The Bertz CT molecular complexity index is 791. The number of halogens is 1. The van der Waals surface area contributed by atoms with Crippen molar-refractivity contribution >= 4 is 5.69 Å². The molecule has 106 valence electrons. The molecule has 0 amide bonds. The van der Waals surface area contributed by atoms with Gasteiger partial charge >= 0.3 is 0 Å². The predicted octanol–water partition coefficient (Wildman–Crippen LogP) is 1.66. The average molecular weight is 284 g/mol. The predicted molar refractivity (Wildman–Crippen MR) is 75.5 cm³/mol. The molecule has 1 aliphatic rings. The van der Waals surface area contributed by atoms with Crippen molar-refractivity contribution in [2.75, 3.05) is 11.9 Å². The van der Waals surface area contributed by atoms with E-state index in [1.807, 2.05) is 6.07 Å². The third-order valence-electron chi connectivity index (χ3n) is 3.40. The summed E-state index contributed by atoms with van der Waals surface area (Å²) in [5.74, 6) is -0.489. The van der Waals surface area contributed by atoms with Gasteiger partial charge < -0.3 is 5.32 Å². The smallest absolute Gasteiger partial charge is 0.269 e. The summed E-state index contributed by atoms with van der Waals surface area (Å²) in [7, 11) is 0. The Balaban J connectivity index is 1.97. The monoisotopic (exact) mass is 284 g/mol. The van der Waals surface area contributed by atoms with E-state index in [-0.39, 0.29) is 17.7 Å². The topological polar surface area (TPSA) is 70.7 Å². The molecule has 3 rings (SSSR count). The summed E-state index contributed by atoms with van der Waals surface area (Å²) in [4.78, 5) is 12.0. The molecule has 2 heterocycles. The average Bonchev–Trinajstić information content (AvgIpc) is 2.47. The quantitative estimate of drug-likeness (QED) is 0.910. The van der Waals surface area contributed by atoms with Crippen LogP contribution in [-0.4, -0.2) is 16.3 Å². The van der Waals surface area contributed by atoms with Crippen LogP contribution in [0.2, 0.25) is 0 Å². The van der Waals surface area contributed by atoms with Crippen LogP contribution >= 0.6 is 0 Å². The Kier molecular flexibility index (Phi) is 3.40. The number of hydrogen-bond acceptors (Lipinski definition) is 4. The number of nitrogens with zero attached hydrogens (tertiary/aromatic N) is 3. The zero-order valence-electron chi connectivity index (χ0n) is 11.3. The minimum atomic E-state index is -0.489. The van der Waals surface area contributed by atoms with Crippen LogP contribution in [0, 0.1) is 17.1 Å². The van der Waals surface area contributed by atoms with Crippen LogP contribution in [0.15, 0.2) is 29.1 Å². The zero-order chi connectivity index (χ0) is 14.8. The lowest BCUT2D eigenvalue weighted by atomic mass is 10.1. The number of anilines is 1. The van der Waals surface area contributed by atoms with E-state index >= 15 is 0 Å². The molecule has 0 saturated carbocycles. The largest absolute Gasteiger partial charge is 0.383 e. The van der Waals surface area contributed by atoms with Crippen LogP contribution in [0.4, 0.5) is 10.1 Å². The van der Waals surface area contributed by atoms with Gasteiger partial charge in [-0.2, -0.15) is 10.4 Å². The molecule has 0 aliphatic carbocycles. The third-order valence-corrected chi connectivity index (χ3v) is 3.40. The van der Waals surface area contributed by atoms with Gasteiger partial charge in [-0.1, -0.05) is 0 Å². The van der Waals surface area contributed by atoms with E-state index in [1.165, 1.54) is 16.8 Å². The van der Waals surface area contributed by atoms with Crippen LogP contribution in [0.3, 0.4) is 0 Å². The molecule has 0 bridgehead atoms. The van der Waals surface area contributed by atoms with Gasteiger partial charge in [-0.15, -0.1) is 0 Å². The Morgan fingerprint density at radius 3 is 3.05 bits per heavy atom. The van der Waals surface area contributed by atoms with E-state index in [1.54, 1.807) is 6.07 Å². The fourth-order valence-electron chi connectivity index (χ4n) is 2.44. The Labute approximate surface area is 120 Å². The highest BCUT2D eigenvalue weighted by atomic mass is 19.1. The van der Waals surface area contributed by atoms with Crippen molar-refractivity contribution in [3.05, 3.63) is 57.3 Å². The molecule has 0 fully saturated rings. The molecule has 6 heteroatoms. The first-order valence-corrected chi connectivity index (χ1v) is 6.70. The number of rotatable bonds is 2. The Morgan fingerprint density at radius 1 is 1.38 bits per heavy atom. The minimum Gasteiger partial charge on any atom is -0.383 e. The van der Waals surface area contributed by atoms with Crippen molar-refractivity contribution in [2.24, 2.45) is 0 Å². The number of hydrogen-bond donors (Lipinski definition) is 1. The first-order valence-electron chi connectivity index (χ1n) is 6.70. The van der Waals surface area contributed by atoms with Crippen LogP contribution in [0.25, 0.3) is 0 Å². The standard InChI is InChI=1S/C15H13FN4O/c16-12-5-10(8-17)4-11(6-12)9-20-15(21)7-14-13(19-20)2-1-3-18-14/h4-7,18H,1-3,9H2. The highest BCUT2D eigenvalue weighted by Crippen LogP contribution is 2.17. The molecule has 0 atom stereocenters. The molecule has 1 aromatic heterocycles. The van der Waals surface area contributed by atoms with Gasteiger partial charge in [-0.3, -0.25) is 4.79 Å². The first-order chi connectivity index (χ1) is 10.2. The van der Waals surface area contributed by atoms with E-state index in [4.69, 9.17) is 5.26 Å². The zero-order valence-corrected chi connectivity index (χ0v) is 11.3. The summed E-state index contributed by atoms with van der Waals surface area (Å²) in [6.07, 6.45) is 1.78. The van der Waals surface area contributed by atoms with Crippen molar-refractivity contribution in [2.45, 2.75) is 19.4 Å². The second kappa shape index (κ2) is 5.37. The van der Waals surface area contributed by atoms with Gasteiger partial charge in [0.25, 0.3) is 5.56 Å². The summed E-state index contributed by atoms with van der Waals surface area (Å²) >= 11 is 0. The van der Waals surface area contributed by atoms with Gasteiger partial charge in [0.15, 0.2) is 0 Å². The SMILES string of the molecule is N#Cc1cc(F)cc(Cn2nc3c(cc2=O)NCCC3)c1. The van der Waals surface area contributed by atoms with Gasteiger partial charge in [-0.05, 0) is 36.6 Å². The number of aryl methyl sites for hydroxylation is 1. The van der Waals surface area contributed by atoms with E-state index in [0.717, 1.165) is 36.8 Å². The second-order valence-corrected chi connectivity index (χ2v) is 4.99. The van der Waals surface area contributed by atoms with Gasteiger partial charge in [0.2, 0.25) is 0 Å². The molecule has 0 saturated heterocycles. The van der Waals surface area contributed by atoms with Crippen molar-refractivity contribution in [1.29, 1.82) is 5.26 Å². The van der Waals surface area contributed by atoms with Crippen LogP contribution in [0.5, 0.6) is 0 Å². The molecule has 0 spiro atoms. The summed E-state index contributed by atoms with van der Waals surface area (Å²) in [5.41, 5.74) is 2.16. The molecule has 21 heavy (non-hydrogen) atoms. The maximum atomic E-state index is 13.4. The van der Waals surface area contributed by atoms with Gasteiger partial charge in [-0.25, -0.2) is 9.07 Å². The molecule has 1 N–H and O–H groups in total. The normalized spacial score (nSPS) is 13.1. The van der Waals surface area contributed by atoms with Gasteiger partial charge in [0.1, 0.15) is 5.82 Å².